The molecule has 0 saturated heterocycles. The van der Waals surface area contributed by atoms with Gasteiger partial charge in [0, 0.05) is 12.1 Å². The SMILES string of the molecule is COc1ccc(C(C)N(Cc2ccccn2)C(=O)c2cc(C)oc2C2CC2)cc1. The van der Waals surface area contributed by atoms with Crippen LogP contribution in [0, 0.1) is 6.92 Å². The number of rotatable bonds is 7. The van der Waals surface area contributed by atoms with E-state index in [0.29, 0.717) is 18.0 Å². The van der Waals surface area contributed by atoms with Crippen LogP contribution in [0.2, 0.25) is 0 Å². The number of furan rings is 1. The molecular weight excluding hydrogens is 364 g/mol. The highest BCUT2D eigenvalue weighted by atomic mass is 16.5. The van der Waals surface area contributed by atoms with Crippen LogP contribution in [-0.2, 0) is 6.54 Å². The molecule has 3 aromatic rings. The van der Waals surface area contributed by atoms with E-state index in [1.165, 1.54) is 0 Å². The fraction of sp³-hybridized carbons (Fsp3) is 0.333. The van der Waals surface area contributed by atoms with Gasteiger partial charge in [-0.3, -0.25) is 9.78 Å². The van der Waals surface area contributed by atoms with Crippen molar-refractivity contribution in [1.29, 1.82) is 0 Å². The van der Waals surface area contributed by atoms with Crippen molar-refractivity contribution in [3.8, 4) is 5.75 Å². The lowest BCUT2D eigenvalue weighted by Gasteiger charge is -2.29. The van der Waals surface area contributed by atoms with E-state index in [0.717, 1.165) is 41.4 Å². The van der Waals surface area contributed by atoms with Gasteiger partial charge in [-0.1, -0.05) is 18.2 Å². The van der Waals surface area contributed by atoms with Crippen molar-refractivity contribution >= 4 is 5.91 Å². The van der Waals surface area contributed by atoms with E-state index >= 15 is 0 Å². The number of carbonyl (C=O) groups excluding carboxylic acids is 1. The van der Waals surface area contributed by atoms with Gasteiger partial charge in [0.1, 0.15) is 17.3 Å². The van der Waals surface area contributed by atoms with Crippen molar-refractivity contribution in [3.05, 3.63) is 83.1 Å². The number of ether oxygens (including phenoxy) is 1. The molecule has 1 aromatic carbocycles. The van der Waals surface area contributed by atoms with Gasteiger partial charge in [0.15, 0.2) is 0 Å². The summed E-state index contributed by atoms with van der Waals surface area (Å²) in [5.74, 6) is 2.77. The second kappa shape index (κ2) is 8.11. The lowest BCUT2D eigenvalue weighted by Crippen LogP contribution is -2.33. The van der Waals surface area contributed by atoms with Crippen LogP contribution in [0.3, 0.4) is 0 Å². The molecule has 5 nitrogen and oxygen atoms in total. The predicted octanol–water partition coefficient (Wildman–Crippen LogP) is 5.27. The quantitative estimate of drug-likeness (QED) is 0.551. The number of aromatic nitrogens is 1. The van der Waals surface area contributed by atoms with Crippen LogP contribution in [0.5, 0.6) is 5.75 Å². The highest BCUT2D eigenvalue weighted by Gasteiger charge is 2.34. The van der Waals surface area contributed by atoms with Crippen LogP contribution in [0.15, 0.2) is 59.1 Å². The number of amides is 1. The van der Waals surface area contributed by atoms with E-state index in [9.17, 15) is 4.79 Å². The number of nitrogens with zero attached hydrogens (tertiary/aromatic N) is 2. The molecule has 1 atom stereocenters. The molecule has 29 heavy (non-hydrogen) atoms. The number of aryl methyl sites for hydroxylation is 1. The zero-order valence-corrected chi connectivity index (χ0v) is 17.1. The highest BCUT2D eigenvalue weighted by Crippen LogP contribution is 2.43. The summed E-state index contributed by atoms with van der Waals surface area (Å²) >= 11 is 0. The van der Waals surface area contributed by atoms with Gasteiger partial charge in [-0.25, -0.2) is 0 Å². The molecule has 0 aliphatic heterocycles. The molecule has 2 heterocycles. The molecule has 5 heteroatoms. The Morgan fingerprint density at radius 1 is 1.24 bits per heavy atom. The second-order valence-electron chi connectivity index (χ2n) is 7.61. The molecule has 150 valence electrons. The Balaban J connectivity index is 1.68. The first-order chi connectivity index (χ1) is 14.1. The maximum absolute atomic E-state index is 13.7. The molecule has 1 aliphatic rings. The first-order valence-corrected chi connectivity index (χ1v) is 10.0. The van der Waals surface area contributed by atoms with Crippen molar-refractivity contribution in [2.45, 2.75) is 45.2 Å². The van der Waals surface area contributed by atoms with Crippen LogP contribution < -0.4 is 4.74 Å². The Hall–Kier alpha value is -3.08. The Morgan fingerprint density at radius 3 is 2.62 bits per heavy atom. The van der Waals surface area contributed by atoms with Gasteiger partial charge in [-0.2, -0.15) is 0 Å². The normalized spacial score (nSPS) is 14.4. The largest absolute Gasteiger partial charge is 0.497 e. The average Bonchev–Trinajstić information content (AvgIpc) is 3.53. The minimum atomic E-state index is -0.127. The monoisotopic (exact) mass is 390 g/mol. The third-order valence-electron chi connectivity index (χ3n) is 5.45. The molecule has 0 N–H and O–H groups in total. The predicted molar refractivity (Wildman–Crippen MR) is 111 cm³/mol. The van der Waals surface area contributed by atoms with E-state index in [1.807, 2.05) is 67.3 Å². The van der Waals surface area contributed by atoms with Crippen LogP contribution >= 0.6 is 0 Å². The van der Waals surface area contributed by atoms with E-state index in [1.54, 1.807) is 13.3 Å². The van der Waals surface area contributed by atoms with Crippen molar-refractivity contribution in [2.24, 2.45) is 0 Å². The molecule has 4 rings (SSSR count). The molecule has 1 fully saturated rings. The fourth-order valence-corrected chi connectivity index (χ4v) is 3.62. The summed E-state index contributed by atoms with van der Waals surface area (Å²) in [5, 5.41) is 0. The molecule has 0 radical (unpaired) electrons. The molecule has 1 aliphatic carbocycles. The average molecular weight is 390 g/mol. The zero-order chi connectivity index (χ0) is 20.4. The van der Waals surface area contributed by atoms with Crippen LogP contribution in [-0.4, -0.2) is 22.9 Å². The van der Waals surface area contributed by atoms with Gasteiger partial charge in [0.25, 0.3) is 5.91 Å². The molecule has 0 spiro atoms. The summed E-state index contributed by atoms with van der Waals surface area (Å²) in [6, 6.07) is 15.4. The summed E-state index contributed by atoms with van der Waals surface area (Å²) in [4.78, 5) is 20.0. The van der Waals surface area contributed by atoms with Gasteiger partial charge >= 0.3 is 0 Å². The molecule has 0 bridgehead atoms. The third-order valence-corrected chi connectivity index (χ3v) is 5.45. The Labute approximate surface area is 171 Å². The van der Waals surface area contributed by atoms with Crippen LogP contribution in [0.1, 0.15) is 64.9 Å². The second-order valence-corrected chi connectivity index (χ2v) is 7.61. The first kappa shape index (κ1) is 19.2. The molecular formula is C24H26N2O3. The summed E-state index contributed by atoms with van der Waals surface area (Å²) in [6.07, 6.45) is 3.93. The standard InChI is InChI=1S/C24H26N2O3/c1-16-14-22(23(29-16)19-7-8-19)24(27)26(15-20-6-4-5-13-25-20)17(2)18-9-11-21(28-3)12-10-18/h4-6,9-14,17,19H,7-8,15H2,1-3H3. The smallest absolute Gasteiger partial charge is 0.258 e. The maximum atomic E-state index is 13.7. The van der Waals surface area contributed by atoms with Gasteiger partial charge in [-0.15, -0.1) is 0 Å². The number of methoxy groups -OCH3 is 1. The van der Waals surface area contributed by atoms with E-state index in [2.05, 4.69) is 4.98 Å². The minimum Gasteiger partial charge on any atom is -0.497 e. The Morgan fingerprint density at radius 2 is 2.00 bits per heavy atom. The van der Waals surface area contributed by atoms with E-state index in [-0.39, 0.29) is 11.9 Å². The van der Waals surface area contributed by atoms with Gasteiger partial charge < -0.3 is 14.1 Å². The summed E-state index contributed by atoms with van der Waals surface area (Å²) < 4.78 is 11.2. The zero-order valence-electron chi connectivity index (χ0n) is 17.1. The van der Waals surface area contributed by atoms with Crippen molar-refractivity contribution in [3.63, 3.8) is 0 Å². The summed E-state index contributed by atoms with van der Waals surface area (Å²) in [5.41, 5.74) is 2.58. The summed E-state index contributed by atoms with van der Waals surface area (Å²) in [6.45, 7) is 4.38. The van der Waals surface area contributed by atoms with Crippen molar-refractivity contribution < 1.29 is 13.9 Å². The minimum absolute atomic E-state index is 0.0160. The fourth-order valence-electron chi connectivity index (χ4n) is 3.62. The maximum Gasteiger partial charge on any atom is 0.258 e. The lowest BCUT2D eigenvalue weighted by atomic mass is 10.0. The van der Waals surface area contributed by atoms with Crippen LogP contribution in [0.25, 0.3) is 0 Å². The number of benzene rings is 1. The van der Waals surface area contributed by atoms with Gasteiger partial charge in [0.05, 0.1) is 31.0 Å². The van der Waals surface area contributed by atoms with Gasteiger partial charge in [-0.05, 0) is 62.6 Å². The van der Waals surface area contributed by atoms with E-state index in [4.69, 9.17) is 9.15 Å². The molecule has 1 saturated carbocycles. The van der Waals surface area contributed by atoms with Crippen molar-refractivity contribution in [1.82, 2.24) is 9.88 Å². The molecule has 2 aromatic heterocycles. The number of hydrogen-bond donors (Lipinski definition) is 0. The lowest BCUT2D eigenvalue weighted by molar-refractivity contribution is 0.0669. The number of hydrogen-bond acceptors (Lipinski definition) is 4. The third kappa shape index (κ3) is 4.19. The Kier molecular flexibility index (Phi) is 5.38. The highest BCUT2D eigenvalue weighted by molar-refractivity contribution is 5.96. The number of pyridine rings is 1. The first-order valence-electron chi connectivity index (χ1n) is 10.0. The number of carbonyl (C=O) groups is 1. The summed E-state index contributed by atoms with van der Waals surface area (Å²) in [7, 11) is 1.65. The molecule has 1 unspecified atom stereocenters. The van der Waals surface area contributed by atoms with E-state index < -0.39 is 0 Å². The van der Waals surface area contributed by atoms with Crippen molar-refractivity contribution in [2.75, 3.05) is 7.11 Å². The molecule has 1 amide bonds. The van der Waals surface area contributed by atoms with Gasteiger partial charge in [0.2, 0.25) is 0 Å². The Bertz CT molecular complexity index is 975. The van der Waals surface area contributed by atoms with Crippen LogP contribution in [0.4, 0.5) is 0 Å². The topological polar surface area (TPSA) is 55.6 Å².